The standard InChI is InChI=1S/C17H19NO3S/c1-12-8-9-22-14(12)11-18-15(19)10-17(2,16(20)21)13-6-4-3-5-7-13/h3-9H,10-11H2,1-2H3,(H,18,19)(H,20,21). The molecule has 116 valence electrons. The number of hydrogen-bond donors (Lipinski definition) is 2. The first kappa shape index (κ1) is 16.2. The van der Waals surface area contributed by atoms with Gasteiger partial charge in [0.25, 0.3) is 0 Å². The molecule has 2 rings (SSSR count). The molecule has 22 heavy (non-hydrogen) atoms. The summed E-state index contributed by atoms with van der Waals surface area (Å²) in [6, 6.07) is 10.9. The fourth-order valence-corrected chi connectivity index (χ4v) is 3.10. The van der Waals surface area contributed by atoms with E-state index in [-0.39, 0.29) is 12.3 Å². The Morgan fingerprint density at radius 2 is 1.91 bits per heavy atom. The van der Waals surface area contributed by atoms with E-state index in [4.69, 9.17) is 0 Å². The van der Waals surface area contributed by atoms with Crippen LogP contribution in [0.25, 0.3) is 0 Å². The second-order valence-electron chi connectivity index (χ2n) is 5.48. The number of carbonyl (C=O) groups excluding carboxylic acids is 1. The topological polar surface area (TPSA) is 66.4 Å². The monoisotopic (exact) mass is 317 g/mol. The highest BCUT2D eigenvalue weighted by Crippen LogP contribution is 2.28. The maximum atomic E-state index is 12.2. The molecule has 0 saturated heterocycles. The van der Waals surface area contributed by atoms with Crippen molar-refractivity contribution in [1.29, 1.82) is 0 Å². The molecule has 5 heteroatoms. The summed E-state index contributed by atoms with van der Waals surface area (Å²) in [5.74, 6) is -1.26. The highest BCUT2D eigenvalue weighted by Gasteiger charge is 2.37. The van der Waals surface area contributed by atoms with Gasteiger partial charge in [-0.3, -0.25) is 9.59 Å². The van der Waals surface area contributed by atoms with Gasteiger partial charge in [-0.2, -0.15) is 0 Å². The molecule has 0 fully saturated rings. The van der Waals surface area contributed by atoms with E-state index in [9.17, 15) is 14.7 Å². The first-order valence-corrected chi connectivity index (χ1v) is 7.90. The van der Waals surface area contributed by atoms with E-state index in [2.05, 4.69) is 5.32 Å². The molecule has 0 spiro atoms. The molecular formula is C17H19NO3S. The van der Waals surface area contributed by atoms with Crippen LogP contribution < -0.4 is 5.32 Å². The Kier molecular flexibility index (Phi) is 4.98. The third-order valence-corrected chi connectivity index (χ3v) is 4.83. The van der Waals surface area contributed by atoms with E-state index in [0.717, 1.165) is 10.4 Å². The molecule has 1 amide bonds. The summed E-state index contributed by atoms with van der Waals surface area (Å²) in [7, 11) is 0. The van der Waals surface area contributed by atoms with E-state index < -0.39 is 11.4 Å². The molecule has 1 aromatic carbocycles. The fourth-order valence-electron chi connectivity index (χ4n) is 2.25. The van der Waals surface area contributed by atoms with Gasteiger partial charge in [-0.05, 0) is 36.4 Å². The number of aryl methyl sites for hydroxylation is 1. The molecule has 2 N–H and O–H groups in total. The fraction of sp³-hybridized carbons (Fsp3) is 0.294. The summed E-state index contributed by atoms with van der Waals surface area (Å²) in [6.45, 7) is 4.01. The molecule has 1 aromatic heterocycles. The van der Waals surface area contributed by atoms with Crippen molar-refractivity contribution >= 4 is 23.2 Å². The lowest BCUT2D eigenvalue weighted by Gasteiger charge is -2.24. The second-order valence-corrected chi connectivity index (χ2v) is 6.48. The van der Waals surface area contributed by atoms with Gasteiger partial charge in [-0.15, -0.1) is 11.3 Å². The number of hydrogen-bond acceptors (Lipinski definition) is 3. The van der Waals surface area contributed by atoms with Crippen molar-refractivity contribution in [3.63, 3.8) is 0 Å². The van der Waals surface area contributed by atoms with Crippen molar-refractivity contribution in [2.24, 2.45) is 0 Å². The van der Waals surface area contributed by atoms with Crippen molar-refractivity contribution in [2.45, 2.75) is 32.2 Å². The van der Waals surface area contributed by atoms with Gasteiger partial charge in [0.15, 0.2) is 0 Å². The number of amides is 1. The van der Waals surface area contributed by atoms with Crippen LogP contribution in [0, 0.1) is 6.92 Å². The zero-order valence-corrected chi connectivity index (χ0v) is 13.4. The Hall–Kier alpha value is -2.14. The molecule has 4 nitrogen and oxygen atoms in total. The lowest BCUT2D eigenvalue weighted by molar-refractivity contribution is -0.145. The molecule has 0 aliphatic carbocycles. The maximum absolute atomic E-state index is 12.2. The Labute approximate surface area is 133 Å². The molecular weight excluding hydrogens is 298 g/mol. The Morgan fingerprint density at radius 3 is 2.45 bits per heavy atom. The number of carboxylic acid groups (broad SMARTS) is 1. The number of aliphatic carboxylic acids is 1. The SMILES string of the molecule is Cc1ccsc1CNC(=O)CC(C)(C(=O)O)c1ccccc1. The summed E-state index contributed by atoms with van der Waals surface area (Å²) >= 11 is 1.58. The Bertz CT molecular complexity index is 666. The van der Waals surface area contributed by atoms with Crippen LogP contribution in [0.4, 0.5) is 0 Å². The van der Waals surface area contributed by atoms with Gasteiger partial charge in [0.05, 0.1) is 12.0 Å². The lowest BCUT2D eigenvalue weighted by Crippen LogP contribution is -2.38. The van der Waals surface area contributed by atoms with E-state index >= 15 is 0 Å². The van der Waals surface area contributed by atoms with Gasteiger partial charge in [-0.25, -0.2) is 0 Å². The number of nitrogens with one attached hydrogen (secondary N) is 1. The third-order valence-electron chi connectivity index (χ3n) is 3.81. The van der Waals surface area contributed by atoms with Crippen LogP contribution in [0.3, 0.4) is 0 Å². The van der Waals surface area contributed by atoms with Gasteiger partial charge in [0.2, 0.25) is 5.91 Å². The first-order chi connectivity index (χ1) is 10.4. The van der Waals surface area contributed by atoms with Crippen molar-refractivity contribution < 1.29 is 14.7 Å². The molecule has 0 aliphatic rings. The normalized spacial score (nSPS) is 13.4. The van der Waals surface area contributed by atoms with Crippen molar-refractivity contribution in [1.82, 2.24) is 5.32 Å². The molecule has 1 heterocycles. The summed E-state index contributed by atoms with van der Waals surface area (Å²) in [5, 5.41) is 14.3. The lowest BCUT2D eigenvalue weighted by atomic mass is 9.79. The summed E-state index contributed by atoms with van der Waals surface area (Å²) < 4.78 is 0. The van der Waals surface area contributed by atoms with Gasteiger partial charge in [0, 0.05) is 11.3 Å². The predicted octanol–water partition coefficient (Wildman–Crippen LogP) is 3.11. The van der Waals surface area contributed by atoms with Crippen LogP contribution in [0.5, 0.6) is 0 Å². The molecule has 1 unspecified atom stereocenters. The summed E-state index contributed by atoms with van der Waals surface area (Å²) in [4.78, 5) is 24.9. The van der Waals surface area contributed by atoms with Gasteiger partial charge >= 0.3 is 5.97 Å². The minimum absolute atomic E-state index is 0.0865. The number of carboxylic acids is 1. The molecule has 0 saturated carbocycles. The Balaban J connectivity index is 2.07. The number of rotatable bonds is 6. The summed E-state index contributed by atoms with van der Waals surface area (Å²) in [6.07, 6.45) is -0.0865. The van der Waals surface area contributed by atoms with E-state index in [1.54, 1.807) is 42.5 Å². The quantitative estimate of drug-likeness (QED) is 0.860. The molecule has 0 radical (unpaired) electrons. The van der Waals surface area contributed by atoms with Gasteiger partial charge < -0.3 is 10.4 Å². The van der Waals surface area contributed by atoms with Crippen LogP contribution >= 0.6 is 11.3 Å². The molecule has 1 atom stereocenters. The predicted molar refractivity (Wildman–Crippen MR) is 86.9 cm³/mol. The van der Waals surface area contributed by atoms with Crippen LogP contribution in [0.2, 0.25) is 0 Å². The smallest absolute Gasteiger partial charge is 0.314 e. The highest BCUT2D eigenvalue weighted by molar-refractivity contribution is 7.10. The van der Waals surface area contributed by atoms with Gasteiger partial charge in [-0.1, -0.05) is 30.3 Å². The van der Waals surface area contributed by atoms with E-state index in [1.807, 2.05) is 24.4 Å². The molecule has 0 aliphatic heterocycles. The molecule has 0 bridgehead atoms. The second kappa shape index (κ2) is 6.75. The van der Waals surface area contributed by atoms with E-state index in [1.165, 1.54) is 0 Å². The van der Waals surface area contributed by atoms with Crippen LogP contribution in [-0.2, 0) is 21.5 Å². The molecule has 2 aromatic rings. The first-order valence-electron chi connectivity index (χ1n) is 7.02. The zero-order chi connectivity index (χ0) is 16.2. The largest absolute Gasteiger partial charge is 0.481 e. The minimum atomic E-state index is -1.23. The third kappa shape index (κ3) is 3.54. The average molecular weight is 317 g/mol. The Morgan fingerprint density at radius 1 is 1.23 bits per heavy atom. The van der Waals surface area contributed by atoms with Crippen LogP contribution in [-0.4, -0.2) is 17.0 Å². The average Bonchev–Trinajstić information content (AvgIpc) is 2.91. The summed E-state index contributed by atoms with van der Waals surface area (Å²) in [5.41, 5.74) is 0.537. The van der Waals surface area contributed by atoms with Crippen molar-refractivity contribution in [3.8, 4) is 0 Å². The number of carbonyl (C=O) groups is 2. The number of benzene rings is 1. The van der Waals surface area contributed by atoms with Crippen molar-refractivity contribution in [3.05, 3.63) is 57.8 Å². The van der Waals surface area contributed by atoms with Crippen LogP contribution in [0.1, 0.15) is 29.3 Å². The van der Waals surface area contributed by atoms with Crippen molar-refractivity contribution in [2.75, 3.05) is 0 Å². The highest BCUT2D eigenvalue weighted by atomic mass is 32.1. The van der Waals surface area contributed by atoms with E-state index in [0.29, 0.717) is 12.1 Å². The van der Waals surface area contributed by atoms with Gasteiger partial charge in [0.1, 0.15) is 0 Å². The van der Waals surface area contributed by atoms with Crippen LogP contribution in [0.15, 0.2) is 41.8 Å². The number of thiophene rings is 1. The zero-order valence-electron chi connectivity index (χ0n) is 12.6. The minimum Gasteiger partial charge on any atom is -0.481 e. The maximum Gasteiger partial charge on any atom is 0.314 e.